The highest BCUT2D eigenvalue weighted by atomic mass is 35.5. The van der Waals surface area contributed by atoms with Crippen LogP contribution in [-0.2, 0) is 19.5 Å². The lowest BCUT2D eigenvalue weighted by molar-refractivity contribution is 0.372. The molecule has 1 saturated heterocycles. The number of benzene rings is 1. The summed E-state index contributed by atoms with van der Waals surface area (Å²) in [5.41, 5.74) is 1.11. The van der Waals surface area contributed by atoms with Crippen LogP contribution in [0, 0.1) is 0 Å². The van der Waals surface area contributed by atoms with Crippen LogP contribution in [-0.4, -0.2) is 58.3 Å². The maximum absolute atomic E-state index is 6.35. The topological polar surface area (TPSA) is 61.6 Å². The van der Waals surface area contributed by atoms with Gasteiger partial charge in [-0.2, -0.15) is 0 Å². The van der Waals surface area contributed by atoms with Gasteiger partial charge >= 0.3 is 0 Å². The Labute approximate surface area is 165 Å². The number of guanidine groups is 1. The van der Waals surface area contributed by atoms with E-state index in [-0.39, 0.29) is 0 Å². The number of nitrogens with zero attached hydrogens (tertiary/aromatic N) is 6. The van der Waals surface area contributed by atoms with Gasteiger partial charge in [0.1, 0.15) is 12.4 Å². The van der Waals surface area contributed by atoms with Crippen molar-refractivity contribution in [2.45, 2.75) is 32.9 Å². The molecule has 2 aliphatic heterocycles. The van der Waals surface area contributed by atoms with E-state index in [1.807, 2.05) is 18.2 Å². The summed E-state index contributed by atoms with van der Waals surface area (Å²) in [6, 6.07) is 8.05. The van der Waals surface area contributed by atoms with Gasteiger partial charge in [0.2, 0.25) is 0 Å². The lowest BCUT2D eigenvalue weighted by atomic mass is 10.2. The largest absolute Gasteiger partial charge is 0.367 e. The van der Waals surface area contributed by atoms with Gasteiger partial charge in [-0.15, -0.1) is 10.2 Å². The van der Waals surface area contributed by atoms with E-state index in [0.717, 1.165) is 80.4 Å². The van der Waals surface area contributed by atoms with Crippen molar-refractivity contribution in [3.05, 3.63) is 40.9 Å². The first-order valence-electron chi connectivity index (χ1n) is 9.70. The minimum atomic E-state index is 0.570. The fourth-order valence-corrected chi connectivity index (χ4v) is 4.02. The first kappa shape index (κ1) is 18.1. The molecule has 0 saturated carbocycles. The summed E-state index contributed by atoms with van der Waals surface area (Å²) in [4.78, 5) is 9.49. The van der Waals surface area contributed by atoms with Gasteiger partial charge in [0.05, 0.1) is 10.7 Å². The molecule has 2 aliphatic rings. The molecule has 0 amide bonds. The van der Waals surface area contributed by atoms with Gasteiger partial charge in [0.15, 0.2) is 11.8 Å². The smallest absolute Gasteiger partial charge is 0.194 e. The zero-order valence-corrected chi connectivity index (χ0v) is 16.5. The Morgan fingerprint density at radius 1 is 1.15 bits per heavy atom. The average molecular weight is 388 g/mol. The fourth-order valence-electron chi connectivity index (χ4n) is 3.77. The SMILES string of the molecule is CCNC(=NCc1nnc2n1CCC2)N1CCN(c2ccccc2Cl)CC1. The number of para-hydroxylation sites is 1. The minimum Gasteiger partial charge on any atom is -0.367 e. The van der Waals surface area contributed by atoms with Gasteiger partial charge in [-0.05, 0) is 25.5 Å². The molecule has 0 unspecified atom stereocenters. The number of fused-ring (bicyclic) bond motifs is 1. The Kier molecular flexibility index (Phi) is 5.48. The van der Waals surface area contributed by atoms with Crippen LogP contribution in [0.5, 0.6) is 0 Å². The van der Waals surface area contributed by atoms with Crippen molar-refractivity contribution in [1.82, 2.24) is 25.0 Å². The first-order valence-corrected chi connectivity index (χ1v) is 10.1. The van der Waals surface area contributed by atoms with Gasteiger partial charge in [0.25, 0.3) is 0 Å². The third-order valence-corrected chi connectivity index (χ3v) is 5.48. The minimum absolute atomic E-state index is 0.570. The maximum atomic E-state index is 6.35. The van der Waals surface area contributed by atoms with Crippen molar-refractivity contribution in [2.75, 3.05) is 37.6 Å². The van der Waals surface area contributed by atoms with Crippen LogP contribution in [0.3, 0.4) is 0 Å². The van der Waals surface area contributed by atoms with Crippen molar-refractivity contribution in [2.24, 2.45) is 4.99 Å². The van der Waals surface area contributed by atoms with E-state index in [9.17, 15) is 0 Å². The second-order valence-corrected chi connectivity index (χ2v) is 7.29. The Morgan fingerprint density at radius 2 is 1.96 bits per heavy atom. The third-order valence-electron chi connectivity index (χ3n) is 5.16. The molecule has 3 heterocycles. The van der Waals surface area contributed by atoms with Crippen LogP contribution in [0.25, 0.3) is 0 Å². The molecule has 1 fully saturated rings. The molecular formula is C19H26ClN7. The zero-order valence-electron chi connectivity index (χ0n) is 15.7. The van der Waals surface area contributed by atoms with Crippen LogP contribution < -0.4 is 10.2 Å². The molecule has 1 aromatic carbocycles. The van der Waals surface area contributed by atoms with Crippen LogP contribution in [0.2, 0.25) is 5.02 Å². The quantitative estimate of drug-likeness (QED) is 0.643. The number of nitrogens with one attached hydrogen (secondary N) is 1. The predicted octanol–water partition coefficient (Wildman–Crippen LogP) is 2.17. The lowest BCUT2D eigenvalue weighted by Gasteiger charge is -2.38. The first-order chi connectivity index (χ1) is 13.3. The Morgan fingerprint density at radius 3 is 2.74 bits per heavy atom. The van der Waals surface area contributed by atoms with Crippen molar-refractivity contribution in [3.63, 3.8) is 0 Å². The number of rotatable bonds is 4. The van der Waals surface area contributed by atoms with Crippen molar-refractivity contribution >= 4 is 23.2 Å². The molecule has 0 spiro atoms. The predicted molar refractivity (Wildman–Crippen MR) is 108 cm³/mol. The second-order valence-electron chi connectivity index (χ2n) is 6.88. The van der Waals surface area contributed by atoms with E-state index in [2.05, 4.69) is 42.9 Å². The van der Waals surface area contributed by atoms with Gasteiger partial charge < -0.3 is 19.7 Å². The van der Waals surface area contributed by atoms with E-state index in [0.29, 0.717) is 6.54 Å². The molecule has 2 aromatic rings. The lowest BCUT2D eigenvalue weighted by Crippen LogP contribution is -2.52. The second kappa shape index (κ2) is 8.17. The normalized spacial score (nSPS) is 17.3. The molecule has 0 aliphatic carbocycles. The third kappa shape index (κ3) is 3.88. The van der Waals surface area contributed by atoms with Gasteiger partial charge in [0, 0.05) is 45.7 Å². The molecule has 7 nitrogen and oxygen atoms in total. The highest BCUT2D eigenvalue weighted by molar-refractivity contribution is 6.33. The van der Waals surface area contributed by atoms with E-state index < -0.39 is 0 Å². The van der Waals surface area contributed by atoms with Crippen LogP contribution in [0.15, 0.2) is 29.3 Å². The Balaban J connectivity index is 1.41. The van der Waals surface area contributed by atoms with Gasteiger partial charge in [-0.1, -0.05) is 23.7 Å². The van der Waals surface area contributed by atoms with Crippen molar-refractivity contribution in [3.8, 4) is 0 Å². The van der Waals surface area contributed by atoms with Gasteiger partial charge in [-0.25, -0.2) is 4.99 Å². The molecule has 0 radical (unpaired) electrons. The number of aliphatic imine (C=N–C) groups is 1. The number of hydrogen-bond acceptors (Lipinski definition) is 4. The number of aryl methyl sites for hydroxylation is 1. The molecule has 27 heavy (non-hydrogen) atoms. The number of anilines is 1. The summed E-state index contributed by atoms with van der Waals surface area (Å²) in [7, 11) is 0. The molecule has 4 rings (SSSR count). The standard InChI is InChI=1S/C19H26ClN7/c1-2-21-19(22-14-18-24-23-17-8-5-9-27(17)18)26-12-10-25(11-13-26)16-7-4-3-6-15(16)20/h3-4,6-7H,2,5,8-14H2,1H3,(H,21,22). The maximum Gasteiger partial charge on any atom is 0.194 e. The molecule has 1 aromatic heterocycles. The molecule has 144 valence electrons. The molecule has 0 bridgehead atoms. The fraction of sp³-hybridized carbons (Fsp3) is 0.526. The summed E-state index contributed by atoms with van der Waals surface area (Å²) in [5, 5.41) is 12.8. The molecule has 0 atom stereocenters. The highest BCUT2D eigenvalue weighted by Gasteiger charge is 2.22. The summed E-state index contributed by atoms with van der Waals surface area (Å²) >= 11 is 6.35. The van der Waals surface area contributed by atoms with Gasteiger partial charge in [-0.3, -0.25) is 0 Å². The monoisotopic (exact) mass is 387 g/mol. The van der Waals surface area contributed by atoms with Crippen LogP contribution >= 0.6 is 11.6 Å². The Hall–Kier alpha value is -2.28. The van der Waals surface area contributed by atoms with Crippen molar-refractivity contribution < 1.29 is 0 Å². The number of piperazine rings is 1. The summed E-state index contributed by atoms with van der Waals surface area (Å²) in [5.74, 6) is 3.01. The molecule has 8 heteroatoms. The van der Waals surface area contributed by atoms with Crippen LogP contribution in [0.4, 0.5) is 5.69 Å². The number of hydrogen-bond donors (Lipinski definition) is 1. The Bertz CT molecular complexity index is 808. The molecular weight excluding hydrogens is 362 g/mol. The summed E-state index contributed by atoms with van der Waals surface area (Å²) in [6.07, 6.45) is 2.19. The van der Waals surface area contributed by atoms with E-state index in [4.69, 9.17) is 16.6 Å². The summed E-state index contributed by atoms with van der Waals surface area (Å²) < 4.78 is 2.21. The van der Waals surface area contributed by atoms with E-state index in [1.165, 1.54) is 0 Å². The van der Waals surface area contributed by atoms with E-state index >= 15 is 0 Å². The molecule has 1 N–H and O–H groups in total. The summed E-state index contributed by atoms with van der Waals surface area (Å²) in [6.45, 7) is 8.21. The number of aromatic nitrogens is 3. The zero-order chi connectivity index (χ0) is 18.6. The van der Waals surface area contributed by atoms with Crippen LogP contribution in [0.1, 0.15) is 25.0 Å². The number of halogens is 1. The van der Waals surface area contributed by atoms with Crippen molar-refractivity contribution in [1.29, 1.82) is 0 Å². The highest BCUT2D eigenvalue weighted by Crippen LogP contribution is 2.26. The van der Waals surface area contributed by atoms with E-state index in [1.54, 1.807) is 0 Å². The average Bonchev–Trinajstić information content (AvgIpc) is 3.30.